The van der Waals surface area contributed by atoms with Crippen LogP contribution in [0.25, 0.3) is 5.57 Å². The fourth-order valence-corrected chi connectivity index (χ4v) is 3.91. The first-order chi connectivity index (χ1) is 14.2. The second-order valence-electron chi connectivity index (χ2n) is 7.42. The highest BCUT2D eigenvalue weighted by Crippen LogP contribution is 2.40. The van der Waals surface area contributed by atoms with Gasteiger partial charge in [-0.05, 0) is 47.7 Å². The number of aliphatic hydroxyl groups excluding tert-OH is 1. The number of anilines is 1. The topological polar surface area (TPSA) is 58.6 Å². The second-order valence-corrected chi connectivity index (χ2v) is 7.42. The Kier molecular flexibility index (Phi) is 5.27. The van der Waals surface area contributed by atoms with E-state index in [1.165, 1.54) is 6.08 Å². The van der Waals surface area contributed by atoms with Crippen molar-refractivity contribution >= 4 is 17.2 Å². The third kappa shape index (κ3) is 4.05. The SMILES string of the molecule is O=C(C=C1CCOc2cc(C(F)(F)F)c(F)cc21)Nc1cccc2c1CC(O)CC2. The average Bonchev–Trinajstić information content (AvgIpc) is 2.67. The molecule has 2 aromatic rings. The predicted molar refractivity (Wildman–Crippen MR) is 103 cm³/mol. The summed E-state index contributed by atoms with van der Waals surface area (Å²) in [4.78, 5) is 12.6. The summed E-state index contributed by atoms with van der Waals surface area (Å²) in [7, 11) is 0. The summed E-state index contributed by atoms with van der Waals surface area (Å²) in [6.07, 6.45) is -1.97. The predicted octanol–water partition coefficient (Wildman–Crippen LogP) is 4.50. The molecule has 0 saturated heterocycles. The maximum absolute atomic E-state index is 14.0. The highest BCUT2D eigenvalue weighted by Gasteiger charge is 2.36. The van der Waals surface area contributed by atoms with Gasteiger partial charge in [-0.2, -0.15) is 13.2 Å². The monoisotopic (exact) mass is 421 g/mol. The molecule has 2 aromatic carbocycles. The Balaban J connectivity index is 1.62. The number of fused-ring (bicyclic) bond motifs is 2. The van der Waals surface area contributed by atoms with Crippen molar-refractivity contribution in [2.24, 2.45) is 0 Å². The van der Waals surface area contributed by atoms with Crippen LogP contribution in [0.5, 0.6) is 5.75 Å². The molecular formula is C22H19F4NO3. The maximum atomic E-state index is 14.0. The van der Waals surface area contributed by atoms with Gasteiger partial charge in [0.15, 0.2) is 0 Å². The van der Waals surface area contributed by atoms with Gasteiger partial charge in [0, 0.05) is 30.2 Å². The van der Waals surface area contributed by atoms with E-state index in [1.807, 2.05) is 12.1 Å². The number of aliphatic hydroxyl groups is 1. The molecule has 1 amide bonds. The number of hydrogen-bond acceptors (Lipinski definition) is 3. The highest BCUT2D eigenvalue weighted by molar-refractivity contribution is 6.05. The zero-order valence-corrected chi connectivity index (χ0v) is 15.9. The summed E-state index contributed by atoms with van der Waals surface area (Å²) >= 11 is 0. The maximum Gasteiger partial charge on any atom is 0.419 e. The fourth-order valence-electron chi connectivity index (χ4n) is 3.91. The van der Waals surface area contributed by atoms with Gasteiger partial charge >= 0.3 is 6.18 Å². The number of carbonyl (C=O) groups excluding carboxylic acids is 1. The minimum absolute atomic E-state index is 0.0853. The van der Waals surface area contributed by atoms with Gasteiger partial charge in [-0.15, -0.1) is 0 Å². The number of ether oxygens (including phenoxy) is 1. The molecule has 4 nitrogen and oxygen atoms in total. The summed E-state index contributed by atoms with van der Waals surface area (Å²) in [5.41, 5.74) is 1.64. The first-order valence-corrected chi connectivity index (χ1v) is 9.56. The van der Waals surface area contributed by atoms with E-state index < -0.39 is 29.6 Å². The first kappa shape index (κ1) is 20.4. The molecule has 0 radical (unpaired) electrons. The molecule has 1 aliphatic carbocycles. The van der Waals surface area contributed by atoms with Crippen molar-refractivity contribution < 1.29 is 32.2 Å². The van der Waals surface area contributed by atoms with E-state index in [4.69, 9.17) is 4.74 Å². The van der Waals surface area contributed by atoms with Crippen molar-refractivity contribution in [2.75, 3.05) is 11.9 Å². The van der Waals surface area contributed by atoms with Gasteiger partial charge < -0.3 is 15.2 Å². The van der Waals surface area contributed by atoms with Crippen LogP contribution in [-0.2, 0) is 23.8 Å². The smallest absolute Gasteiger partial charge is 0.419 e. The lowest BCUT2D eigenvalue weighted by molar-refractivity contribution is -0.140. The van der Waals surface area contributed by atoms with Crippen LogP contribution in [-0.4, -0.2) is 23.7 Å². The van der Waals surface area contributed by atoms with Crippen LogP contribution in [0.1, 0.15) is 35.1 Å². The lowest BCUT2D eigenvalue weighted by atomic mass is 9.88. The van der Waals surface area contributed by atoms with Crippen LogP contribution >= 0.6 is 0 Å². The normalized spacial score (nSPS) is 19.6. The molecule has 1 atom stereocenters. The molecule has 0 bridgehead atoms. The van der Waals surface area contributed by atoms with Crippen LogP contribution < -0.4 is 10.1 Å². The van der Waals surface area contributed by atoms with Crippen LogP contribution in [0.3, 0.4) is 0 Å². The minimum atomic E-state index is -4.84. The van der Waals surface area contributed by atoms with Crippen LogP contribution in [0, 0.1) is 5.82 Å². The van der Waals surface area contributed by atoms with Gasteiger partial charge in [0.1, 0.15) is 11.6 Å². The third-order valence-corrected chi connectivity index (χ3v) is 5.37. The van der Waals surface area contributed by atoms with Gasteiger partial charge in [-0.1, -0.05) is 12.1 Å². The standard InChI is InChI=1S/C22H19F4NO3/c23-18-10-16-13(6-7-30-20(16)11-17(18)22(24,25)26)8-21(29)27-19-3-1-2-12-4-5-14(28)9-15(12)19/h1-3,8,10-11,14,28H,4-7,9H2,(H,27,29). The number of alkyl halides is 3. The molecule has 8 heteroatoms. The molecule has 0 spiro atoms. The lowest BCUT2D eigenvalue weighted by Gasteiger charge is -2.24. The van der Waals surface area contributed by atoms with Gasteiger partial charge in [0.2, 0.25) is 5.91 Å². The van der Waals surface area contributed by atoms with Crippen LogP contribution in [0.15, 0.2) is 36.4 Å². The molecule has 2 aliphatic rings. The Morgan fingerprint density at radius 2 is 2.03 bits per heavy atom. The van der Waals surface area contributed by atoms with Crippen LogP contribution in [0.2, 0.25) is 0 Å². The number of nitrogens with one attached hydrogen (secondary N) is 1. The summed E-state index contributed by atoms with van der Waals surface area (Å²) in [6, 6.07) is 6.89. The molecule has 1 heterocycles. The quantitative estimate of drug-likeness (QED) is 0.555. The van der Waals surface area contributed by atoms with Crippen molar-refractivity contribution in [3.05, 3.63) is 64.5 Å². The molecule has 0 saturated carbocycles. The van der Waals surface area contributed by atoms with E-state index in [-0.39, 0.29) is 24.3 Å². The zero-order valence-electron chi connectivity index (χ0n) is 15.9. The summed E-state index contributed by atoms with van der Waals surface area (Å²) in [5.74, 6) is -2.00. The number of carbonyl (C=O) groups is 1. The summed E-state index contributed by atoms with van der Waals surface area (Å²) < 4.78 is 58.1. The first-order valence-electron chi connectivity index (χ1n) is 9.56. The summed E-state index contributed by atoms with van der Waals surface area (Å²) in [5, 5.41) is 12.7. The molecular weight excluding hydrogens is 402 g/mol. The Hall–Kier alpha value is -2.87. The molecule has 1 aliphatic heterocycles. The van der Waals surface area contributed by atoms with E-state index in [0.717, 1.165) is 17.2 Å². The summed E-state index contributed by atoms with van der Waals surface area (Å²) in [6.45, 7) is 0.0853. The molecule has 0 fully saturated rings. The highest BCUT2D eigenvalue weighted by atomic mass is 19.4. The van der Waals surface area contributed by atoms with Crippen LogP contribution in [0.4, 0.5) is 23.2 Å². The second kappa shape index (κ2) is 7.75. The lowest BCUT2D eigenvalue weighted by Crippen LogP contribution is -2.21. The van der Waals surface area contributed by atoms with E-state index in [2.05, 4.69) is 5.32 Å². The number of halogens is 4. The zero-order chi connectivity index (χ0) is 21.5. The number of amides is 1. The van der Waals surface area contributed by atoms with E-state index in [9.17, 15) is 27.5 Å². The van der Waals surface area contributed by atoms with E-state index in [1.54, 1.807) is 6.07 Å². The number of rotatable bonds is 2. The number of benzene rings is 2. The molecule has 30 heavy (non-hydrogen) atoms. The minimum Gasteiger partial charge on any atom is -0.493 e. The van der Waals surface area contributed by atoms with Crippen molar-refractivity contribution in [1.82, 2.24) is 0 Å². The molecule has 1 unspecified atom stereocenters. The van der Waals surface area contributed by atoms with E-state index in [0.29, 0.717) is 36.6 Å². The molecule has 4 rings (SSSR count). The molecule has 2 N–H and O–H groups in total. The van der Waals surface area contributed by atoms with Gasteiger partial charge in [0.05, 0.1) is 18.3 Å². The van der Waals surface area contributed by atoms with Crippen molar-refractivity contribution in [1.29, 1.82) is 0 Å². The van der Waals surface area contributed by atoms with Crippen molar-refractivity contribution in [2.45, 2.75) is 38.0 Å². The Morgan fingerprint density at radius 3 is 2.80 bits per heavy atom. The Bertz CT molecular complexity index is 1030. The van der Waals surface area contributed by atoms with E-state index >= 15 is 0 Å². The van der Waals surface area contributed by atoms with Gasteiger partial charge in [-0.25, -0.2) is 4.39 Å². The Morgan fingerprint density at radius 1 is 1.23 bits per heavy atom. The van der Waals surface area contributed by atoms with Gasteiger partial charge in [0.25, 0.3) is 0 Å². The van der Waals surface area contributed by atoms with Gasteiger partial charge in [-0.3, -0.25) is 4.79 Å². The fraction of sp³-hybridized carbons (Fsp3) is 0.318. The number of aryl methyl sites for hydroxylation is 1. The number of hydrogen-bond donors (Lipinski definition) is 2. The molecule has 158 valence electrons. The molecule has 0 aromatic heterocycles. The Labute approximate surface area is 170 Å². The average molecular weight is 421 g/mol. The van der Waals surface area contributed by atoms with Crippen molar-refractivity contribution in [3.8, 4) is 5.75 Å². The third-order valence-electron chi connectivity index (χ3n) is 5.37. The van der Waals surface area contributed by atoms with Crippen molar-refractivity contribution in [3.63, 3.8) is 0 Å². The largest absolute Gasteiger partial charge is 0.493 e.